The van der Waals surface area contributed by atoms with Crippen molar-refractivity contribution in [2.75, 3.05) is 26.5 Å². The summed E-state index contributed by atoms with van der Waals surface area (Å²) in [7, 11) is 4.02. The van der Waals surface area contributed by atoms with E-state index >= 15 is 0 Å². The van der Waals surface area contributed by atoms with Gasteiger partial charge in [-0.1, -0.05) is 37.3 Å². The first-order valence-electron chi connectivity index (χ1n) is 6.11. The van der Waals surface area contributed by atoms with Gasteiger partial charge >= 0.3 is 0 Å². The van der Waals surface area contributed by atoms with Crippen LogP contribution in [0.25, 0.3) is 0 Å². The maximum Gasteiger partial charge on any atom is 0.224 e. The molecule has 0 radical (unpaired) electrons. The molecule has 1 N–H and O–H groups in total. The highest BCUT2D eigenvalue weighted by Gasteiger charge is 2.17. The number of alkyl halides is 1. The average Bonchev–Trinajstić information content (AvgIpc) is 2.38. The first kappa shape index (κ1) is 15.0. The second-order valence-corrected chi connectivity index (χ2v) is 5.00. The van der Waals surface area contributed by atoms with Gasteiger partial charge in [0, 0.05) is 18.3 Å². The molecule has 0 saturated heterocycles. The van der Waals surface area contributed by atoms with Gasteiger partial charge in [-0.15, -0.1) is 11.6 Å². The summed E-state index contributed by atoms with van der Waals surface area (Å²) < 4.78 is 0. The van der Waals surface area contributed by atoms with Crippen LogP contribution in [0.15, 0.2) is 30.3 Å². The van der Waals surface area contributed by atoms with Crippen molar-refractivity contribution in [3.05, 3.63) is 35.9 Å². The van der Waals surface area contributed by atoms with Crippen molar-refractivity contribution in [3.63, 3.8) is 0 Å². The fourth-order valence-electron chi connectivity index (χ4n) is 1.72. The van der Waals surface area contributed by atoms with Crippen LogP contribution in [0.5, 0.6) is 0 Å². The Hall–Kier alpha value is -1.06. The zero-order valence-electron chi connectivity index (χ0n) is 11.2. The number of nitrogens with one attached hydrogen (secondary N) is 1. The highest BCUT2D eigenvalue weighted by molar-refractivity contribution is 6.19. The zero-order chi connectivity index (χ0) is 13.5. The quantitative estimate of drug-likeness (QED) is 0.803. The lowest BCUT2D eigenvalue weighted by molar-refractivity contribution is -0.124. The minimum absolute atomic E-state index is 0.00720. The Morgan fingerprint density at radius 1 is 1.33 bits per heavy atom. The van der Waals surface area contributed by atoms with Gasteiger partial charge in [0.05, 0.1) is 6.04 Å². The van der Waals surface area contributed by atoms with Crippen LogP contribution in [0.2, 0.25) is 0 Å². The molecule has 0 aliphatic heterocycles. The molecule has 1 aromatic rings. The fourth-order valence-corrected chi connectivity index (χ4v) is 1.86. The molecule has 0 aliphatic rings. The third-order valence-corrected chi connectivity index (χ3v) is 3.42. The molecule has 4 heteroatoms. The lowest BCUT2D eigenvalue weighted by Gasteiger charge is -2.25. The maximum absolute atomic E-state index is 11.7. The number of carbonyl (C=O) groups is 1. The highest BCUT2D eigenvalue weighted by atomic mass is 35.5. The second-order valence-electron chi connectivity index (χ2n) is 4.69. The third kappa shape index (κ3) is 4.31. The Bertz CT molecular complexity index is 367. The predicted molar refractivity (Wildman–Crippen MR) is 75.8 cm³/mol. The van der Waals surface area contributed by atoms with Crippen LogP contribution < -0.4 is 5.32 Å². The van der Waals surface area contributed by atoms with Gasteiger partial charge in [0.2, 0.25) is 5.91 Å². The van der Waals surface area contributed by atoms with Gasteiger partial charge in [0.15, 0.2) is 0 Å². The lowest BCUT2D eigenvalue weighted by atomic mass is 10.1. The van der Waals surface area contributed by atoms with Crippen LogP contribution in [0.4, 0.5) is 0 Å². The van der Waals surface area contributed by atoms with Crippen molar-refractivity contribution in [1.29, 1.82) is 0 Å². The summed E-state index contributed by atoms with van der Waals surface area (Å²) >= 11 is 5.67. The number of hydrogen-bond donors (Lipinski definition) is 1. The molecular formula is C14H21ClN2O. The van der Waals surface area contributed by atoms with Gasteiger partial charge in [-0.2, -0.15) is 0 Å². The smallest absolute Gasteiger partial charge is 0.224 e. The number of rotatable bonds is 6. The van der Waals surface area contributed by atoms with Crippen LogP contribution >= 0.6 is 11.6 Å². The lowest BCUT2D eigenvalue weighted by Crippen LogP contribution is -2.37. The molecule has 1 rings (SSSR count). The molecule has 0 spiro atoms. The number of amides is 1. The largest absolute Gasteiger partial charge is 0.354 e. The second kappa shape index (κ2) is 7.39. The molecule has 0 bridgehead atoms. The van der Waals surface area contributed by atoms with Crippen LogP contribution in [0.3, 0.4) is 0 Å². The summed E-state index contributed by atoms with van der Waals surface area (Å²) in [5.41, 5.74) is 1.20. The number of carbonyl (C=O) groups excluding carboxylic acids is 1. The molecule has 0 aliphatic carbocycles. The average molecular weight is 269 g/mol. The molecule has 0 fully saturated rings. The Morgan fingerprint density at radius 3 is 2.44 bits per heavy atom. The van der Waals surface area contributed by atoms with E-state index < -0.39 is 0 Å². The minimum Gasteiger partial charge on any atom is -0.354 e. The van der Waals surface area contributed by atoms with Crippen LogP contribution in [0, 0.1) is 5.92 Å². The molecule has 1 amide bonds. The predicted octanol–water partition coefficient (Wildman–Crippen LogP) is 2.28. The normalized spacial score (nSPS) is 14.3. The molecule has 2 unspecified atom stereocenters. The van der Waals surface area contributed by atoms with Gasteiger partial charge in [-0.05, 0) is 19.7 Å². The van der Waals surface area contributed by atoms with E-state index in [9.17, 15) is 4.79 Å². The van der Waals surface area contributed by atoms with E-state index in [2.05, 4.69) is 22.3 Å². The van der Waals surface area contributed by atoms with E-state index in [0.717, 1.165) is 0 Å². The summed E-state index contributed by atoms with van der Waals surface area (Å²) in [6.45, 7) is 2.42. The molecule has 100 valence electrons. The van der Waals surface area contributed by atoms with E-state index in [4.69, 9.17) is 11.6 Å². The van der Waals surface area contributed by atoms with E-state index in [1.165, 1.54) is 5.56 Å². The Labute approximate surface area is 114 Å². The van der Waals surface area contributed by atoms with Crippen molar-refractivity contribution in [1.82, 2.24) is 10.2 Å². The van der Waals surface area contributed by atoms with E-state index in [1.807, 2.05) is 39.2 Å². The number of likely N-dealkylation sites (N-methyl/N-ethyl adjacent to an activating group) is 1. The fraction of sp³-hybridized carbons (Fsp3) is 0.500. The first-order valence-corrected chi connectivity index (χ1v) is 6.64. The molecule has 0 saturated carbocycles. The number of nitrogens with zero attached hydrogens (tertiary/aromatic N) is 1. The zero-order valence-corrected chi connectivity index (χ0v) is 11.9. The monoisotopic (exact) mass is 268 g/mol. The molecule has 0 heterocycles. The van der Waals surface area contributed by atoms with E-state index in [1.54, 1.807) is 0 Å². The van der Waals surface area contributed by atoms with Crippen LogP contribution in [0.1, 0.15) is 18.5 Å². The SMILES string of the molecule is CC(CCl)C(=O)NCC(c1ccccc1)N(C)C. The Morgan fingerprint density at radius 2 is 1.94 bits per heavy atom. The van der Waals surface area contributed by atoms with Gasteiger partial charge < -0.3 is 10.2 Å². The summed E-state index contributed by atoms with van der Waals surface area (Å²) in [5, 5.41) is 2.95. The minimum atomic E-state index is -0.148. The van der Waals surface area contributed by atoms with Crippen LogP contribution in [-0.2, 0) is 4.79 Å². The van der Waals surface area contributed by atoms with Crippen molar-refractivity contribution >= 4 is 17.5 Å². The third-order valence-electron chi connectivity index (χ3n) is 2.96. The van der Waals surface area contributed by atoms with Gasteiger partial charge in [-0.3, -0.25) is 4.79 Å². The summed E-state index contributed by atoms with van der Waals surface area (Å²) in [6, 6.07) is 10.3. The summed E-state index contributed by atoms with van der Waals surface area (Å²) in [4.78, 5) is 13.8. The highest BCUT2D eigenvalue weighted by Crippen LogP contribution is 2.16. The number of benzene rings is 1. The van der Waals surface area contributed by atoms with E-state index in [0.29, 0.717) is 12.4 Å². The maximum atomic E-state index is 11.7. The molecule has 0 aromatic heterocycles. The van der Waals surface area contributed by atoms with Crippen LogP contribution in [-0.4, -0.2) is 37.3 Å². The number of halogens is 1. The van der Waals surface area contributed by atoms with Crippen molar-refractivity contribution in [2.24, 2.45) is 5.92 Å². The standard InChI is InChI=1S/C14H21ClN2O/c1-11(9-15)14(18)16-10-13(17(2)3)12-7-5-4-6-8-12/h4-8,11,13H,9-10H2,1-3H3,(H,16,18). The van der Waals surface area contributed by atoms with Crippen molar-refractivity contribution in [2.45, 2.75) is 13.0 Å². The Balaban J connectivity index is 2.63. The number of hydrogen-bond acceptors (Lipinski definition) is 2. The van der Waals surface area contributed by atoms with Gasteiger partial charge in [0.1, 0.15) is 0 Å². The Kier molecular flexibility index (Phi) is 6.16. The topological polar surface area (TPSA) is 32.3 Å². The molecule has 2 atom stereocenters. The first-order chi connectivity index (χ1) is 8.56. The van der Waals surface area contributed by atoms with Crippen molar-refractivity contribution < 1.29 is 4.79 Å². The molecule has 3 nitrogen and oxygen atoms in total. The van der Waals surface area contributed by atoms with Gasteiger partial charge in [0.25, 0.3) is 0 Å². The summed E-state index contributed by atoms with van der Waals surface area (Å²) in [5.74, 6) is 0.210. The van der Waals surface area contributed by atoms with Gasteiger partial charge in [-0.25, -0.2) is 0 Å². The summed E-state index contributed by atoms with van der Waals surface area (Å²) in [6.07, 6.45) is 0. The molecule has 1 aromatic carbocycles. The van der Waals surface area contributed by atoms with Crippen molar-refractivity contribution in [3.8, 4) is 0 Å². The van der Waals surface area contributed by atoms with E-state index in [-0.39, 0.29) is 17.9 Å². The molecule has 18 heavy (non-hydrogen) atoms. The molecular weight excluding hydrogens is 248 g/mol.